The van der Waals surface area contributed by atoms with Gasteiger partial charge < -0.3 is 10.6 Å². The zero-order valence-electron chi connectivity index (χ0n) is 15.6. The van der Waals surface area contributed by atoms with Gasteiger partial charge >= 0.3 is 0 Å². The monoisotopic (exact) mass is 364 g/mol. The second-order valence-electron chi connectivity index (χ2n) is 6.90. The second kappa shape index (κ2) is 8.67. The van der Waals surface area contributed by atoms with Crippen molar-refractivity contribution in [2.45, 2.75) is 32.2 Å². The molecule has 2 aromatic rings. The van der Waals surface area contributed by atoms with Crippen LogP contribution < -0.4 is 10.6 Å². The van der Waals surface area contributed by atoms with E-state index in [-0.39, 0.29) is 17.8 Å². The summed E-state index contributed by atoms with van der Waals surface area (Å²) in [5, 5.41) is 6.20. The van der Waals surface area contributed by atoms with Crippen LogP contribution in [0.2, 0.25) is 0 Å². The molecule has 1 atom stereocenters. The molecule has 1 amide bonds. The number of carbonyl (C=O) groups is 1. The maximum atomic E-state index is 13.2. The SMILES string of the molecule is C=C1NCCC1NC(=O)CC/C(=C\c1ccc(F)cc1)c1ccccc1C. The van der Waals surface area contributed by atoms with E-state index in [1.165, 1.54) is 12.1 Å². The fraction of sp³-hybridized carbons (Fsp3) is 0.261. The summed E-state index contributed by atoms with van der Waals surface area (Å²) in [6.07, 6.45) is 3.91. The minimum Gasteiger partial charge on any atom is -0.387 e. The molecule has 2 N–H and O–H groups in total. The van der Waals surface area contributed by atoms with Crippen LogP contribution >= 0.6 is 0 Å². The predicted molar refractivity (Wildman–Crippen MR) is 108 cm³/mol. The average molecular weight is 364 g/mol. The number of aryl methyl sites for hydroxylation is 1. The van der Waals surface area contributed by atoms with Gasteiger partial charge in [-0.1, -0.05) is 49.1 Å². The quantitative estimate of drug-likeness (QED) is 0.744. The fourth-order valence-corrected chi connectivity index (χ4v) is 3.33. The minimum absolute atomic E-state index is 0.0143. The van der Waals surface area contributed by atoms with E-state index < -0.39 is 0 Å². The third-order valence-corrected chi connectivity index (χ3v) is 4.86. The summed E-state index contributed by atoms with van der Waals surface area (Å²) in [6.45, 7) is 6.85. The molecule has 1 aliphatic rings. The van der Waals surface area contributed by atoms with E-state index in [0.717, 1.165) is 40.9 Å². The first-order valence-electron chi connectivity index (χ1n) is 9.27. The summed E-state index contributed by atoms with van der Waals surface area (Å²) in [5.41, 5.74) is 5.13. The van der Waals surface area contributed by atoms with Crippen LogP contribution in [0.3, 0.4) is 0 Å². The van der Waals surface area contributed by atoms with Gasteiger partial charge in [0.2, 0.25) is 5.91 Å². The highest BCUT2D eigenvalue weighted by molar-refractivity contribution is 5.86. The molecule has 1 saturated heterocycles. The van der Waals surface area contributed by atoms with Crippen molar-refractivity contribution in [1.82, 2.24) is 10.6 Å². The van der Waals surface area contributed by atoms with Crippen molar-refractivity contribution in [2.24, 2.45) is 0 Å². The maximum absolute atomic E-state index is 13.2. The third kappa shape index (κ3) is 5.07. The van der Waals surface area contributed by atoms with E-state index in [1.54, 1.807) is 12.1 Å². The normalized spacial score (nSPS) is 16.9. The molecule has 27 heavy (non-hydrogen) atoms. The average Bonchev–Trinajstić information content (AvgIpc) is 3.05. The molecular weight excluding hydrogens is 339 g/mol. The Hall–Kier alpha value is -2.88. The maximum Gasteiger partial charge on any atom is 0.220 e. The van der Waals surface area contributed by atoms with Crippen molar-refractivity contribution in [3.63, 3.8) is 0 Å². The molecule has 1 unspecified atom stereocenters. The van der Waals surface area contributed by atoms with E-state index in [4.69, 9.17) is 0 Å². The van der Waals surface area contributed by atoms with Crippen LogP contribution in [0.1, 0.15) is 36.0 Å². The van der Waals surface area contributed by atoms with Gasteiger partial charge in [-0.2, -0.15) is 0 Å². The number of benzene rings is 2. The molecule has 1 heterocycles. The van der Waals surface area contributed by atoms with Gasteiger partial charge in [-0.25, -0.2) is 4.39 Å². The van der Waals surface area contributed by atoms with Gasteiger partial charge in [0.05, 0.1) is 6.04 Å². The first-order chi connectivity index (χ1) is 13.0. The molecule has 4 heteroatoms. The van der Waals surface area contributed by atoms with Gasteiger partial charge in [-0.05, 0) is 54.2 Å². The smallest absolute Gasteiger partial charge is 0.220 e. The Labute approximate surface area is 160 Å². The molecular formula is C23H25FN2O. The van der Waals surface area contributed by atoms with Crippen LogP contribution in [-0.4, -0.2) is 18.5 Å². The molecule has 3 rings (SSSR count). The topological polar surface area (TPSA) is 41.1 Å². The van der Waals surface area contributed by atoms with Crippen molar-refractivity contribution >= 4 is 17.6 Å². The number of halogens is 1. The van der Waals surface area contributed by atoms with Crippen molar-refractivity contribution < 1.29 is 9.18 Å². The Bertz CT molecular complexity index is 855. The van der Waals surface area contributed by atoms with Crippen molar-refractivity contribution in [3.05, 3.63) is 83.3 Å². The van der Waals surface area contributed by atoms with Crippen LogP contribution in [0.25, 0.3) is 11.6 Å². The minimum atomic E-state index is -0.255. The Balaban J connectivity index is 1.76. The molecule has 0 saturated carbocycles. The van der Waals surface area contributed by atoms with Crippen LogP contribution in [0.5, 0.6) is 0 Å². The number of rotatable bonds is 6. The molecule has 0 aromatic heterocycles. The van der Waals surface area contributed by atoms with Gasteiger partial charge in [0.15, 0.2) is 0 Å². The highest BCUT2D eigenvalue weighted by Crippen LogP contribution is 2.26. The second-order valence-corrected chi connectivity index (χ2v) is 6.90. The van der Waals surface area contributed by atoms with E-state index in [1.807, 2.05) is 18.2 Å². The lowest BCUT2D eigenvalue weighted by atomic mass is 9.94. The molecule has 140 valence electrons. The highest BCUT2D eigenvalue weighted by atomic mass is 19.1. The lowest BCUT2D eigenvalue weighted by Gasteiger charge is -2.15. The molecule has 0 bridgehead atoms. The predicted octanol–water partition coefficient (Wildman–Crippen LogP) is 4.45. The zero-order valence-corrected chi connectivity index (χ0v) is 15.6. The van der Waals surface area contributed by atoms with Crippen LogP contribution in [-0.2, 0) is 4.79 Å². The lowest BCUT2D eigenvalue weighted by molar-refractivity contribution is -0.121. The van der Waals surface area contributed by atoms with Gasteiger partial charge in [0, 0.05) is 18.7 Å². The first-order valence-corrected chi connectivity index (χ1v) is 9.27. The van der Waals surface area contributed by atoms with Gasteiger partial charge in [-0.15, -0.1) is 0 Å². The lowest BCUT2D eigenvalue weighted by Crippen LogP contribution is -2.34. The highest BCUT2D eigenvalue weighted by Gasteiger charge is 2.20. The zero-order chi connectivity index (χ0) is 19.2. The van der Waals surface area contributed by atoms with Crippen molar-refractivity contribution in [3.8, 4) is 0 Å². The molecule has 2 aromatic carbocycles. The van der Waals surface area contributed by atoms with E-state index in [2.05, 4.69) is 36.3 Å². The van der Waals surface area contributed by atoms with E-state index in [0.29, 0.717) is 12.8 Å². The molecule has 1 aliphatic heterocycles. The number of hydrogen-bond donors (Lipinski definition) is 2. The van der Waals surface area contributed by atoms with Gasteiger partial charge in [0.25, 0.3) is 0 Å². The summed E-state index contributed by atoms with van der Waals surface area (Å²) < 4.78 is 13.2. The van der Waals surface area contributed by atoms with Gasteiger partial charge in [0.1, 0.15) is 5.82 Å². The number of hydrogen-bond acceptors (Lipinski definition) is 2. The largest absolute Gasteiger partial charge is 0.387 e. The van der Waals surface area contributed by atoms with Crippen molar-refractivity contribution in [2.75, 3.05) is 6.54 Å². The van der Waals surface area contributed by atoms with Crippen LogP contribution in [0, 0.1) is 12.7 Å². The van der Waals surface area contributed by atoms with E-state index >= 15 is 0 Å². The number of amides is 1. The fourth-order valence-electron chi connectivity index (χ4n) is 3.33. The number of allylic oxidation sites excluding steroid dienone is 1. The molecule has 1 fully saturated rings. The Kier molecular flexibility index (Phi) is 6.07. The number of nitrogens with one attached hydrogen (secondary N) is 2. The standard InChI is InChI=1S/C23H25FN2O/c1-16-5-3-4-6-21(16)19(15-18-7-10-20(24)11-8-18)9-12-23(27)26-22-13-14-25-17(22)2/h3-8,10-11,15,22,25H,2,9,12-14H2,1H3,(H,26,27)/b19-15+. The molecule has 0 aliphatic carbocycles. The molecule has 0 radical (unpaired) electrons. The van der Waals surface area contributed by atoms with Crippen LogP contribution in [0.4, 0.5) is 4.39 Å². The Morgan fingerprint density at radius 1 is 1.22 bits per heavy atom. The Morgan fingerprint density at radius 2 is 1.96 bits per heavy atom. The first kappa shape index (κ1) is 18.9. The molecule has 3 nitrogen and oxygen atoms in total. The summed E-state index contributed by atoms with van der Waals surface area (Å²) >= 11 is 0. The van der Waals surface area contributed by atoms with Gasteiger partial charge in [-0.3, -0.25) is 4.79 Å². The Morgan fingerprint density at radius 3 is 2.63 bits per heavy atom. The van der Waals surface area contributed by atoms with Crippen molar-refractivity contribution in [1.29, 1.82) is 0 Å². The third-order valence-electron chi connectivity index (χ3n) is 4.86. The summed E-state index contributed by atoms with van der Waals surface area (Å²) in [6, 6.07) is 14.5. The summed E-state index contributed by atoms with van der Waals surface area (Å²) in [5.74, 6) is -0.238. The summed E-state index contributed by atoms with van der Waals surface area (Å²) in [4.78, 5) is 12.4. The number of carbonyl (C=O) groups excluding carboxylic acids is 1. The molecule has 0 spiro atoms. The van der Waals surface area contributed by atoms with Crippen LogP contribution in [0.15, 0.2) is 60.8 Å². The van der Waals surface area contributed by atoms with E-state index in [9.17, 15) is 9.18 Å². The summed E-state index contributed by atoms with van der Waals surface area (Å²) in [7, 11) is 0.